The van der Waals surface area contributed by atoms with Crippen molar-refractivity contribution in [2.45, 2.75) is 18.9 Å². The van der Waals surface area contributed by atoms with Gasteiger partial charge in [0.1, 0.15) is 10.4 Å². The summed E-state index contributed by atoms with van der Waals surface area (Å²) in [5.74, 6) is 1.02. The van der Waals surface area contributed by atoms with E-state index in [4.69, 9.17) is 5.73 Å². The SMILES string of the molecule is N[C@H]1CCCN(c2cccc(Br)n2)C1. The molecule has 0 radical (unpaired) electrons. The summed E-state index contributed by atoms with van der Waals surface area (Å²) < 4.78 is 0.883. The van der Waals surface area contributed by atoms with Gasteiger partial charge in [0.05, 0.1) is 0 Å². The summed E-state index contributed by atoms with van der Waals surface area (Å²) in [7, 11) is 0. The first kappa shape index (κ1) is 9.93. The molecule has 0 spiro atoms. The number of hydrogen-bond acceptors (Lipinski definition) is 3. The molecule has 0 aromatic carbocycles. The topological polar surface area (TPSA) is 42.1 Å². The molecule has 0 amide bonds. The van der Waals surface area contributed by atoms with Crippen molar-refractivity contribution in [1.82, 2.24) is 4.98 Å². The maximum atomic E-state index is 5.92. The highest BCUT2D eigenvalue weighted by Gasteiger charge is 2.17. The maximum Gasteiger partial charge on any atom is 0.129 e. The molecule has 2 rings (SSSR count). The van der Waals surface area contributed by atoms with E-state index in [-0.39, 0.29) is 0 Å². The van der Waals surface area contributed by atoms with Gasteiger partial charge in [0, 0.05) is 19.1 Å². The summed E-state index contributed by atoms with van der Waals surface area (Å²) in [5, 5.41) is 0. The Labute approximate surface area is 92.4 Å². The smallest absolute Gasteiger partial charge is 0.129 e. The van der Waals surface area contributed by atoms with Crippen LogP contribution in [0.15, 0.2) is 22.8 Å². The lowest BCUT2D eigenvalue weighted by Crippen LogP contribution is -2.43. The summed E-state index contributed by atoms with van der Waals surface area (Å²) in [5.41, 5.74) is 5.92. The molecule has 2 heterocycles. The third-order valence-corrected chi connectivity index (χ3v) is 2.92. The largest absolute Gasteiger partial charge is 0.355 e. The van der Waals surface area contributed by atoms with Crippen molar-refractivity contribution in [3.63, 3.8) is 0 Å². The summed E-state index contributed by atoms with van der Waals surface area (Å²) in [4.78, 5) is 6.67. The first-order chi connectivity index (χ1) is 6.75. The number of nitrogens with zero attached hydrogens (tertiary/aromatic N) is 2. The molecule has 1 aliphatic heterocycles. The zero-order chi connectivity index (χ0) is 9.97. The van der Waals surface area contributed by atoms with E-state index in [1.165, 1.54) is 0 Å². The van der Waals surface area contributed by atoms with Gasteiger partial charge in [-0.15, -0.1) is 0 Å². The third kappa shape index (κ3) is 2.25. The van der Waals surface area contributed by atoms with Gasteiger partial charge in [-0.2, -0.15) is 0 Å². The van der Waals surface area contributed by atoms with E-state index >= 15 is 0 Å². The minimum Gasteiger partial charge on any atom is -0.355 e. The highest BCUT2D eigenvalue weighted by atomic mass is 79.9. The van der Waals surface area contributed by atoms with Crippen LogP contribution < -0.4 is 10.6 Å². The fourth-order valence-electron chi connectivity index (χ4n) is 1.79. The molecule has 1 atom stereocenters. The number of hydrogen-bond donors (Lipinski definition) is 1. The van der Waals surface area contributed by atoms with E-state index in [0.717, 1.165) is 36.4 Å². The van der Waals surface area contributed by atoms with Gasteiger partial charge in [-0.1, -0.05) is 6.07 Å². The molecule has 0 bridgehead atoms. The van der Waals surface area contributed by atoms with Gasteiger partial charge in [-0.3, -0.25) is 0 Å². The predicted molar refractivity (Wildman–Crippen MR) is 61.4 cm³/mol. The van der Waals surface area contributed by atoms with Crippen molar-refractivity contribution in [2.24, 2.45) is 5.73 Å². The molecule has 0 saturated carbocycles. The first-order valence-electron chi connectivity index (χ1n) is 4.89. The van der Waals surface area contributed by atoms with Crippen LogP contribution in [0.1, 0.15) is 12.8 Å². The maximum absolute atomic E-state index is 5.92. The van der Waals surface area contributed by atoms with Crippen molar-refractivity contribution in [3.8, 4) is 0 Å². The molecule has 1 aromatic heterocycles. The highest BCUT2D eigenvalue weighted by molar-refractivity contribution is 9.10. The number of rotatable bonds is 1. The Bertz CT molecular complexity index is 316. The van der Waals surface area contributed by atoms with Crippen LogP contribution in [0.25, 0.3) is 0 Å². The van der Waals surface area contributed by atoms with Gasteiger partial charge in [-0.25, -0.2) is 4.98 Å². The molecule has 3 nitrogen and oxygen atoms in total. The van der Waals surface area contributed by atoms with Crippen molar-refractivity contribution in [1.29, 1.82) is 0 Å². The van der Waals surface area contributed by atoms with Crippen LogP contribution in [-0.2, 0) is 0 Å². The lowest BCUT2D eigenvalue weighted by Gasteiger charge is -2.31. The lowest BCUT2D eigenvalue weighted by molar-refractivity contribution is 0.503. The fourth-order valence-corrected chi connectivity index (χ4v) is 2.13. The number of pyridine rings is 1. The van der Waals surface area contributed by atoms with Crippen molar-refractivity contribution in [2.75, 3.05) is 18.0 Å². The Hall–Kier alpha value is -0.610. The number of anilines is 1. The van der Waals surface area contributed by atoms with Crippen molar-refractivity contribution in [3.05, 3.63) is 22.8 Å². The second-order valence-electron chi connectivity index (χ2n) is 3.67. The third-order valence-electron chi connectivity index (χ3n) is 2.48. The van der Waals surface area contributed by atoms with Crippen LogP contribution in [0.2, 0.25) is 0 Å². The Kier molecular flexibility index (Phi) is 3.03. The fraction of sp³-hybridized carbons (Fsp3) is 0.500. The molecule has 1 fully saturated rings. The van der Waals surface area contributed by atoms with Gasteiger partial charge in [0.2, 0.25) is 0 Å². The van der Waals surface area contributed by atoms with E-state index in [0.29, 0.717) is 6.04 Å². The first-order valence-corrected chi connectivity index (χ1v) is 5.68. The van der Waals surface area contributed by atoms with Gasteiger partial charge in [0.15, 0.2) is 0 Å². The van der Waals surface area contributed by atoms with E-state index in [1.807, 2.05) is 18.2 Å². The van der Waals surface area contributed by atoms with Crippen molar-refractivity contribution >= 4 is 21.7 Å². The quantitative estimate of drug-likeness (QED) is 0.779. The normalized spacial score (nSPS) is 22.4. The van der Waals surface area contributed by atoms with Crippen LogP contribution in [0.5, 0.6) is 0 Å². The molecule has 0 aliphatic carbocycles. The molecular weight excluding hydrogens is 242 g/mol. The molecule has 14 heavy (non-hydrogen) atoms. The Morgan fingerprint density at radius 1 is 1.50 bits per heavy atom. The van der Waals surface area contributed by atoms with Crippen LogP contribution in [-0.4, -0.2) is 24.1 Å². The average Bonchev–Trinajstić information content (AvgIpc) is 2.18. The molecule has 76 valence electrons. The summed E-state index contributed by atoms with van der Waals surface area (Å²) in [6, 6.07) is 6.27. The zero-order valence-corrected chi connectivity index (χ0v) is 9.57. The van der Waals surface area contributed by atoms with E-state index in [1.54, 1.807) is 0 Å². The molecule has 4 heteroatoms. The van der Waals surface area contributed by atoms with Gasteiger partial charge in [-0.05, 0) is 40.9 Å². The van der Waals surface area contributed by atoms with Crippen molar-refractivity contribution < 1.29 is 0 Å². The second-order valence-corrected chi connectivity index (χ2v) is 4.48. The molecule has 0 unspecified atom stereocenters. The molecule has 1 aliphatic rings. The van der Waals surface area contributed by atoms with E-state index in [9.17, 15) is 0 Å². The molecular formula is C10H14BrN3. The van der Waals surface area contributed by atoms with Gasteiger partial charge < -0.3 is 10.6 Å². The lowest BCUT2D eigenvalue weighted by atomic mass is 10.1. The Morgan fingerprint density at radius 3 is 3.07 bits per heavy atom. The van der Waals surface area contributed by atoms with Gasteiger partial charge in [0.25, 0.3) is 0 Å². The van der Waals surface area contributed by atoms with Crippen LogP contribution in [0.3, 0.4) is 0 Å². The number of aromatic nitrogens is 1. The Morgan fingerprint density at radius 2 is 2.36 bits per heavy atom. The second kappa shape index (κ2) is 4.28. The molecule has 2 N–H and O–H groups in total. The van der Waals surface area contributed by atoms with E-state index in [2.05, 4.69) is 25.8 Å². The predicted octanol–water partition coefficient (Wildman–Crippen LogP) is 1.77. The van der Waals surface area contributed by atoms with E-state index < -0.39 is 0 Å². The monoisotopic (exact) mass is 255 g/mol. The van der Waals surface area contributed by atoms with Crippen LogP contribution >= 0.6 is 15.9 Å². The van der Waals surface area contributed by atoms with Crippen LogP contribution in [0.4, 0.5) is 5.82 Å². The minimum absolute atomic E-state index is 0.296. The van der Waals surface area contributed by atoms with Gasteiger partial charge >= 0.3 is 0 Å². The molecule has 1 saturated heterocycles. The Balaban J connectivity index is 2.14. The summed E-state index contributed by atoms with van der Waals surface area (Å²) in [6.07, 6.45) is 2.29. The highest BCUT2D eigenvalue weighted by Crippen LogP contribution is 2.18. The average molecular weight is 256 g/mol. The summed E-state index contributed by atoms with van der Waals surface area (Å²) in [6.45, 7) is 1.99. The number of piperidine rings is 1. The standard InChI is InChI=1S/C10H14BrN3/c11-9-4-1-5-10(13-9)14-6-2-3-8(12)7-14/h1,4-5,8H,2-3,6-7,12H2/t8-/m0/s1. The number of halogens is 1. The molecule has 1 aromatic rings. The van der Waals surface area contributed by atoms with Crippen LogP contribution in [0, 0.1) is 0 Å². The summed E-state index contributed by atoms with van der Waals surface area (Å²) >= 11 is 3.37. The zero-order valence-electron chi connectivity index (χ0n) is 7.99. The number of nitrogens with two attached hydrogens (primary N) is 1. The minimum atomic E-state index is 0.296.